The number of nitrogen functional groups attached to an aromatic ring is 1. The molecule has 1 heterocycles. The van der Waals surface area contributed by atoms with Gasteiger partial charge in [0, 0.05) is 10.4 Å². The molecule has 3 nitrogen and oxygen atoms in total. The molecule has 0 saturated heterocycles. The number of nitrogens with zero attached hydrogens (tertiary/aromatic N) is 1. The van der Waals surface area contributed by atoms with Crippen molar-refractivity contribution in [2.24, 2.45) is 11.8 Å². The van der Waals surface area contributed by atoms with Gasteiger partial charge in [-0.3, -0.25) is 0 Å². The second kappa shape index (κ2) is 3.73. The summed E-state index contributed by atoms with van der Waals surface area (Å²) in [6.07, 6.45) is 5.41. The molecule has 0 amide bonds. The minimum atomic E-state index is 0.554. The van der Waals surface area contributed by atoms with Gasteiger partial charge in [0.25, 0.3) is 0 Å². The van der Waals surface area contributed by atoms with E-state index in [1.807, 2.05) is 12.1 Å². The van der Waals surface area contributed by atoms with Crippen molar-refractivity contribution in [3.63, 3.8) is 0 Å². The van der Waals surface area contributed by atoms with Crippen LogP contribution in [0.3, 0.4) is 0 Å². The quantitative estimate of drug-likeness (QED) is 0.808. The summed E-state index contributed by atoms with van der Waals surface area (Å²) in [5, 5.41) is 0. The summed E-state index contributed by atoms with van der Waals surface area (Å²) in [7, 11) is 0. The molecule has 2 unspecified atom stereocenters. The number of hydrogen-bond acceptors (Lipinski definition) is 3. The van der Waals surface area contributed by atoms with Crippen molar-refractivity contribution in [3.05, 3.63) is 22.5 Å². The molecule has 2 atom stereocenters. The number of oxazole rings is 1. The van der Waals surface area contributed by atoms with Gasteiger partial charge in [-0.2, -0.15) is 0 Å². The minimum Gasteiger partial charge on any atom is -0.438 e. The third-order valence-electron chi connectivity index (χ3n) is 4.44. The van der Waals surface area contributed by atoms with Gasteiger partial charge in [-0.05, 0) is 36.8 Å². The van der Waals surface area contributed by atoms with E-state index in [4.69, 9.17) is 10.2 Å². The number of hydrogen-bond donors (Lipinski definition) is 1. The van der Waals surface area contributed by atoms with Crippen LogP contribution in [0.25, 0.3) is 11.1 Å². The molecule has 0 aliphatic heterocycles. The van der Waals surface area contributed by atoms with Crippen LogP contribution in [0, 0.1) is 11.8 Å². The molecule has 2 saturated carbocycles. The highest BCUT2D eigenvalue weighted by molar-refractivity contribution is 9.10. The van der Waals surface area contributed by atoms with Crippen LogP contribution < -0.4 is 5.73 Å². The molecule has 1 aromatic carbocycles. The fourth-order valence-corrected chi connectivity index (χ4v) is 4.00. The molecule has 2 N–H and O–H groups in total. The van der Waals surface area contributed by atoms with E-state index in [0.29, 0.717) is 11.6 Å². The number of halogens is 1. The lowest BCUT2D eigenvalue weighted by Crippen LogP contribution is -1.91. The highest BCUT2D eigenvalue weighted by atomic mass is 79.9. The van der Waals surface area contributed by atoms with Crippen LogP contribution in [0.2, 0.25) is 0 Å². The van der Waals surface area contributed by atoms with E-state index in [9.17, 15) is 0 Å². The zero-order chi connectivity index (χ0) is 12.3. The maximum Gasteiger partial charge on any atom is 0.199 e. The van der Waals surface area contributed by atoms with E-state index < -0.39 is 0 Å². The number of anilines is 1. The highest BCUT2D eigenvalue weighted by Crippen LogP contribution is 2.61. The summed E-state index contributed by atoms with van der Waals surface area (Å²) in [6, 6.07) is 3.85. The summed E-state index contributed by atoms with van der Waals surface area (Å²) >= 11 is 3.44. The third-order valence-corrected chi connectivity index (χ3v) is 4.90. The Bertz CT molecular complexity index is 610. The summed E-state index contributed by atoms with van der Waals surface area (Å²) in [5.74, 6) is 3.10. The van der Waals surface area contributed by atoms with Gasteiger partial charge in [0.15, 0.2) is 11.5 Å². The predicted octanol–water partition coefficient (Wildman–Crippen LogP) is 4.08. The van der Waals surface area contributed by atoms with E-state index >= 15 is 0 Å². The summed E-state index contributed by atoms with van der Waals surface area (Å²) in [4.78, 5) is 4.64. The van der Waals surface area contributed by atoms with Crippen molar-refractivity contribution < 1.29 is 4.42 Å². The lowest BCUT2D eigenvalue weighted by atomic mass is 10.0. The molecular weight excluding hydrogens is 292 g/mol. The maximum atomic E-state index is 5.97. The Morgan fingerprint density at radius 2 is 1.94 bits per heavy atom. The van der Waals surface area contributed by atoms with E-state index in [1.165, 1.54) is 25.7 Å². The first kappa shape index (κ1) is 10.9. The molecule has 4 rings (SSSR count). The fraction of sp³-hybridized carbons (Fsp3) is 0.500. The van der Waals surface area contributed by atoms with Crippen molar-refractivity contribution in [2.75, 3.05) is 5.73 Å². The van der Waals surface area contributed by atoms with Gasteiger partial charge in [-0.1, -0.05) is 28.8 Å². The second-order valence-corrected chi connectivity index (χ2v) is 6.45. The predicted molar refractivity (Wildman–Crippen MR) is 74.3 cm³/mol. The molecule has 1 aromatic heterocycles. The Morgan fingerprint density at radius 1 is 1.22 bits per heavy atom. The van der Waals surface area contributed by atoms with Crippen LogP contribution in [0.1, 0.15) is 37.5 Å². The van der Waals surface area contributed by atoms with Gasteiger partial charge in [-0.25, -0.2) is 4.98 Å². The van der Waals surface area contributed by atoms with Gasteiger partial charge in [0.2, 0.25) is 0 Å². The Balaban J connectivity index is 1.76. The van der Waals surface area contributed by atoms with Crippen molar-refractivity contribution >= 4 is 32.7 Å². The van der Waals surface area contributed by atoms with E-state index in [1.54, 1.807) is 0 Å². The van der Waals surface area contributed by atoms with E-state index in [2.05, 4.69) is 20.9 Å². The molecule has 18 heavy (non-hydrogen) atoms. The van der Waals surface area contributed by atoms with Gasteiger partial charge >= 0.3 is 0 Å². The molecule has 2 aliphatic carbocycles. The zero-order valence-electron chi connectivity index (χ0n) is 10.0. The van der Waals surface area contributed by atoms with E-state index in [0.717, 1.165) is 33.3 Å². The molecule has 0 spiro atoms. The summed E-state index contributed by atoms with van der Waals surface area (Å²) < 4.78 is 6.87. The fourth-order valence-electron chi connectivity index (χ4n) is 3.54. The summed E-state index contributed by atoms with van der Waals surface area (Å²) in [5.41, 5.74) is 8.26. The smallest absolute Gasteiger partial charge is 0.199 e. The molecule has 2 aliphatic rings. The van der Waals surface area contributed by atoms with Gasteiger partial charge in [0.05, 0.1) is 5.69 Å². The zero-order valence-corrected chi connectivity index (χ0v) is 11.6. The number of benzene rings is 1. The Morgan fingerprint density at radius 3 is 2.67 bits per heavy atom. The first-order valence-corrected chi connectivity index (χ1v) is 7.39. The molecule has 94 valence electrons. The molecule has 2 fully saturated rings. The average molecular weight is 307 g/mol. The summed E-state index contributed by atoms with van der Waals surface area (Å²) in [6.45, 7) is 0. The molecule has 0 radical (unpaired) electrons. The van der Waals surface area contributed by atoms with Crippen LogP contribution in [0.4, 0.5) is 5.69 Å². The van der Waals surface area contributed by atoms with Gasteiger partial charge < -0.3 is 10.2 Å². The Kier molecular flexibility index (Phi) is 2.25. The van der Waals surface area contributed by atoms with Crippen LogP contribution in [-0.4, -0.2) is 4.98 Å². The van der Waals surface area contributed by atoms with Gasteiger partial charge in [-0.15, -0.1) is 0 Å². The van der Waals surface area contributed by atoms with Crippen LogP contribution in [0.5, 0.6) is 0 Å². The molecule has 2 aromatic rings. The van der Waals surface area contributed by atoms with Crippen molar-refractivity contribution in [1.82, 2.24) is 4.98 Å². The number of nitrogens with two attached hydrogens (primary N) is 1. The number of aromatic nitrogens is 1. The third kappa shape index (κ3) is 1.51. The van der Waals surface area contributed by atoms with Crippen LogP contribution >= 0.6 is 15.9 Å². The normalized spacial score (nSPS) is 30.4. The van der Waals surface area contributed by atoms with Gasteiger partial charge in [0.1, 0.15) is 5.52 Å². The van der Waals surface area contributed by atoms with Crippen molar-refractivity contribution in [3.8, 4) is 0 Å². The molecule has 0 bridgehead atoms. The standard InChI is InChI=1S/C14H15BrN2O/c15-7-5-10(16)13-11(6-7)17-14(18-13)12-8-3-1-2-4-9(8)12/h5-6,8-9,12H,1-4,16H2. The topological polar surface area (TPSA) is 52.0 Å². The Hall–Kier alpha value is -1.03. The molecule has 4 heteroatoms. The number of fused-ring (bicyclic) bond motifs is 2. The monoisotopic (exact) mass is 306 g/mol. The van der Waals surface area contributed by atoms with Crippen LogP contribution in [0.15, 0.2) is 21.0 Å². The second-order valence-electron chi connectivity index (χ2n) is 5.53. The van der Waals surface area contributed by atoms with Crippen LogP contribution in [-0.2, 0) is 0 Å². The van der Waals surface area contributed by atoms with Crippen molar-refractivity contribution in [1.29, 1.82) is 0 Å². The molecular formula is C14H15BrN2O. The number of rotatable bonds is 1. The highest BCUT2D eigenvalue weighted by Gasteiger charge is 2.54. The first-order valence-electron chi connectivity index (χ1n) is 6.59. The Labute approximate surface area is 114 Å². The van der Waals surface area contributed by atoms with Crippen molar-refractivity contribution in [2.45, 2.75) is 31.6 Å². The lowest BCUT2D eigenvalue weighted by molar-refractivity contribution is 0.480. The first-order chi connectivity index (χ1) is 8.74. The minimum absolute atomic E-state index is 0.554. The largest absolute Gasteiger partial charge is 0.438 e. The average Bonchev–Trinajstić information content (AvgIpc) is 2.92. The van der Waals surface area contributed by atoms with E-state index in [-0.39, 0.29) is 0 Å². The SMILES string of the molecule is Nc1cc(Br)cc2nc(C3C4CCCCC43)oc12. The maximum absolute atomic E-state index is 5.97. The lowest BCUT2D eigenvalue weighted by Gasteiger charge is -2.04.